The van der Waals surface area contributed by atoms with Crippen LogP contribution in [0.25, 0.3) is 0 Å². The molecule has 0 aromatic heterocycles. The third kappa shape index (κ3) is 3.04. The van der Waals surface area contributed by atoms with Gasteiger partial charge in [-0.05, 0) is 38.0 Å². The maximum atomic E-state index is 5.90. The fourth-order valence-corrected chi connectivity index (χ4v) is 1.30. The Bertz CT molecular complexity index is 266. The van der Waals surface area contributed by atoms with Gasteiger partial charge in [-0.2, -0.15) is 0 Å². The molecule has 2 heteroatoms. The Morgan fingerprint density at radius 3 is 2.21 bits per heavy atom. The van der Waals surface area contributed by atoms with E-state index in [2.05, 4.69) is 6.92 Å². The largest absolute Gasteiger partial charge is 0.491 e. The average molecular weight is 193 g/mol. The molecule has 14 heavy (non-hydrogen) atoms. The summed E-state index contributed by atoms with van der Waals surface area (Å²) in [6.07, 6.45) is 1.19. The molecule has 2 N–H and O–H groups in total. The summed E-state index contributed by atoms with van der Waals surface area (Å²) in [5.74, 6) is 0.909. The first-order valence-electron chi connectivity index (χ1n) is 5.15. The van der Waals surface area contributed by atoms with Crippen molar-refractivity contribution in [3.63, 3.8) is 0 Å². The summed E-state index contributed by atoms with van der Waals surface area (Å²) in [5.41, 5.74) is 7.07. The monoisotopic (exact) mass is 193 g/mol. The third-order valence-electron chi connectivity index (χ3n) is 2.12. The van der Waals surface area contributed by atoms with E-state index in [-0.39, 0.29) is 12.1 Å². The van der Waals surface area contributed by atoms with Gasteiger partial charge >= 0.3 is 0 Å². The normalized spacial score (nSPS) is 12.9. The highest BCUT2D eigenvalue weighted by Gasteiger charge is 2.03. The Hall–Kier alpha value is -1.02. The van der Waals surface area contributed by atoms with Crippen molar-refractivity contribution in [3.05, 3.63) is 29.8 Å². The highest BCUT2D eigenvalue weighted by molar-refractivity contribution is 5.29. The quantitative estimate of drug-likeness (QED) is 0.798. The molecule has 1 aromatic rings. The van der Waals surface area contributed by atoms with Crippen LogP contribution in [0, 0.1) is 0 Å². The summed E-state index contributed by atoms with van der Waals surface area (Å²) in [4.78, 5) is 0. The lowest BCUT2D eigenvalue weighted by atomic mass is 10.1. The van der Waals surface area contributed by atoms with Crippen molar-refractivity contribution in [3.8, 4) is 5.75 Å². The van der Waals surface area contributed by atoms with Crippen molar-refractivity contribution in [1.82, 2.24) is 0 Å². The molecule has 0 amide bonds. The van der Waals surface area contributed by atoms with Crippen molar-refractivity contribution in [2.45, 2.75) is 39.3 Å². The minimum atomic E-state index is 0.142. The number of hydrogen-bond donors (Lipinski definition) is 1. The highest BCUT2D eigenvalue weighted by Crippen LogP contribution is 2.18. The van der Waals surface area contributed by atoms with Gasteiger partial charge in [0.05, 0.1) is 6.10 Å². The molecule has 0 fully saturated rings. The molecule has 0 saturated heterocycles. The van der Waals surface area contributed by atoms with E-state index in [1.54, 1.807) is 0 Å². The third-order valence-corrected chi connectivity index (χ3v) is 2.12. The second-order valence-corrected chi connectivity index (χ2v) is 3.75. The second-order valence-electron chi connectivity index (χ2n) is 3.75. The zero-order chi connectivity index (χ0) is 10.6. The lowest BCUT2D eigenvalue weighted by Crippen LogP contribution is -2.09. The molecule has 0 unspecified atom stereocenters. The lowest BCUT2D eigenvalue weighted by molar-refractivity contribution is 0.242. The Kier molecular flexibility index (Phi) is 3.96. The SMILES string of the molecule is CC[C@H](N)c1ccc(OC(C)C)cc1. The van der Waals surface area contributed by atoms with Gasteiger partial charge in [0.1, 0.15) is 5.75 Å². The van der Waals surface area contributed by atoms with Crippen LogP contribution in [-0.2, 0) is 0 Å². The van der Waals surface area contributed by atoms with Gasteiger partial charge < -0.3 is 10.5 Å². The van der Waals surface area contributed by atoms with Crippen LogP contribution in [0.3, 0.4) is 0 Å². The van der Waals surface area contributed by atoms with Crippen molar-refractivity contribution >= 4 is 0 Å². The van der Waals surface area contributed by atoms with Crippen LogP contribution in [-0.4, -0.2) is 6.10 Å². The number of benzene rings is 1. The molecular weight excluding hydrogens is 174 g/mol. The van der Waals surface area contributed by atoms with E-state index in [1.165, 1.54) is 5.56 Å². The van der Waals surface area contributed by atoms with Gasteiger partial charge in [-0.3, -0.25) is 0 Å². The Morgan fingerprint density at radius 2 is 1.79 bits per heavy atom. The molecular formula is C12H19NO. The molecule has 0 radical (unpaired) electrons. The van der Waals surface area contributed by atoms with Gasteiger partial charge in [-0.1, -0.05) is 19.1 Å². The summed E-state index contributed by atoms with van der Waals surface area (Å²) < 4.78 is 5.54. The average Bonchev–Trinajstić information content (AvgIpc) is 2.17. The van der Waals surface area contributed by atoms with E-state index in [1.807, 2.05) is 38.1 Å². The summed E-state index contributed by atoms with van der Waals surface area (Å²) >= 11 is 0. The fourth-order valence-electron chi connectivity index (χ4n) is 1.30. The van der Waals surface area contributed by atoms with E-state index in [0.717, 1.165) is 12.2 Å². The molecule has 0 heterocycles. The van der Waals surface area contributed by atoms with Crippen LogP contribution in [0.5, 0.6) is 5.75 Å². The molecule has 0 aliphatic carbocycles. The van der Waals surface area contributed by atoms with Gasteiger partial charge in [0.2, 0.25) is 0 Å². The Labute approximate surface area is 86.1 Å². The number of hydrogen-bond acceptors (Lipinski definition) is 2. The molecule has 1 rings (SSSR count). The van der Waals surface area contributed by atoms with E-state index in [4.69, 9.17) is 10.5 Å². The first kappa shape index (κ1) is 11.1. The van der Waals surface area contributed by atoms with Crippen molar-refractivity contribution in [2.24, 2.45) is 5.73 Å². The molecule has 78 valence electrons. The molecule has 0 saturated carbocycles. The Balaban J connectivity index is 2.68. The number of nitrogens with two attached hydrogens (primary N) is 1. The van der Waals surface area contributed by atoms with Crippen LogP contribution >= 0.6 is 0 Å². The highest BCUT2D eigenvalue weighted by atomic mass is 16.5. The smallest absolute Gasteiger partial charge is 0.119 e. The molecule has 2 nitrogen and oxygen atoms in total. The molecule has 1 aromatic carbocycles. The van der Waals surface area contributed by atoms with E-state index < -0.39 is 0 Å². The molecule has 0 spiro atoms. The summed E-state index contributed by atoms with van der Waals surface area (Å²) in [7, 11) is 0. The number of rotatable bonds is 4. The fraction of sp³-hybridized carbons (Fsp3) is 0.500. The van der Waals surface area contributed by atoms with Crippen LogP contribution in [0.15, 0.2) is 24.3 Å². The van der Waals surface area contributed by atoms with Gasteiger partial charge in [0.25, 0.3) is 0 Å². The maximum absolute atomic E-state index is 5.90. The molecule has 0 aliphatic heterocycles. The number of ether oxygens (including phenoxy) is 1. The summed E-state index contributed by atoms with van der Waals surface area (Å²) in [5, 5.41) is 0. The van der Waals surface area contributed by atoms with E-state index in [9.17, 15) is 0 Å². The summed E-state index contributed by atoms with van der Waals surface area (Å²) in [6.45, 7) is 6.13. The second kappa shape index (κ2) is 5.01. The first-order valence-corrected chi connectivity index (χ1v) is 5.15. The maximum Gasteiger partial charge on any atom is 0.119 e. The zero-order valence-electron chi connectivity index (χ0n) is 9.16. The van der Waals surface area contributed by atoms with Crippen LogP contribution < -0.4 is 10.5 Å². The van der Waals surface area contributed by atoms with Crippen LogP contribution in [0.1, 0.15) is 38.8 Å². The topological polar surface area (TPSA) is 35.2 Å². The summed E-state index contributed by atoms with van der Waals surface area (Å²) in [6, 6.07) is 8.16. The van der Waals surface area contributed by atoms with Crippen LogP contribution in [0.2, 0.25) is 0 Å². The van der Waals surface area contributed by atoms with Crippen LogP contribution in [0.4, 0.5) is 0 Å². The minimum Gasteiger partial charge on any atom is -0.491 e. The van der Waals surface area contributed by atoms with Gasteiger partial charge in [0, 0.05) is 6.04 Å². The van der Waals surface area contributed by atoms with Crippen molar-refractivity contribution in [1.29, 1.82) is 0 Å². The van der Waals surface area contributed by atoms with Gasteiger partial charge in [-0.25, -0.2) is 0 Å². The minimum absolute atomic E-state index is 0.142. The predicted molar refractivity (Wildman–Crippen MR) is 59.4 cm³/mol. The molecule has 1 atom stereocenters. The van der Waals surface area contributed by atoms with Gasteiger partial charge in [0.15, 0.2) is 0 Å². The van der Waals surface area contributed by atoms with Crippen molar-refractivity contribution < 1.29 is 4.74 Å². The first-order chi connectivity index (χ1) is 6.63. The zero-order valence-corrected chi connectivity index (χ0v) is 9.16. The van der Waals surface area contributed by atoms with E-state index >= 15 is 0 Å². The lowest BCUT2D eigenvalue weighted by Gasteiger charge is -2.12. The predicted octanol–water partition coefficient (Wildman–Crippen LogP) is 2.88. The van der Waals surface area contributed by atoms with Crippen molar-refractivity contribution in [2.75, 3.05) is 0 Å². The molecule has 0 aliphatic rings. The Morgan fingerprint density at radius 1 is 1.21 bits per heavy atom. The van der Waals surface area contributed by atoms with Gasteiger partial charge in [-0.15, -0.1) is 0 Å². The molecule has 0 bridgehead atoms. The van der Waals surface area contributed by atoms with E-state index in [0.29, 0.717) is 0 Å². The standard InChI is InChI=1S/C12H19NO/c1-4-12(13)10-5-7-11(8-6-10)14-9(2)3/h5-9,12H,4,13H2,1-3H3/t12-/m0/s1.